The largest absolute Gasteiger partial charge is 0.481 e. The second-order valence-corrected chi connectivity index (χ2v) is 20.4. The smallest absolute Gasteiger partial charge is 0.411 e. The van der Waals surface area contributed by atoms with Crippen LogP contribution in [0.4, 0.5) is 16.2 Å². The van der Waals surface area contributed by atoms with Gasteiger partial charge in [0.2, 0.25) is 17.7 Å². The molecule has 7 N–H and O–H groups in total. The number of halogens is 1. The van der Waals surface area contributed by atoms with Crippen LogP contribution < -0.4 is 21.3 Å². The number of carboxylic acids is 1. The highest BCUT2D eigenvalue weighted by molar-refractivity contribution is 9.09. The van der Waals surface area contributed by atoms with Crippen LogP contribution in [0.3, 0.4) is 0 Å². The highest BCUT2D eigenvalue weighted by atomic mass is 79.9. The number of carbonyl (C=O) groups is 7. The lowest BCUT2D eigenvalue weighted by molar-refractivity contribution is -0.200. The normalized spacial score (nSPS) is 29.0. The number of amides is 4. The van der Waals surface area contributed by atoms with Crippen LogP contribution in [0.1, 0.15) is 79.7 Å². The van der Waals surface area contributed by atoms with Crippen molar-refractivity contribution >= 4 is 80.0 Å². The summed E-state index contributed by atoms with van der Waals surface area (Å²) in [6.07, 6.45) is 5.96. The number of aliphatic carboxylic acids is 1. The molecule has 4 aliphatic carbocycles. The van der Waals surface area contributed by atoms with Crippen molar-refractivity contribution in [3.05, 3.63) is 99.5 Å². The third-order valence-electron chi connectivity index (χ3n) is 14.6. The maximum atomic E-state index is 14.0. The molecule has 2 heterocycles. The van der Waals surface area contributed by atoms with Crippen molar-refractivity contribution in [3.63, 3.8) is 0 Å². The molecule has 4 amide bonds. The zero-order valence-corrected chi connectivity index (χ0v) is 40.3. The van der Waals surface area contributed by atoms with Gasteiger partial charge in [-0.1, -0.05) is 65.7 Å². The van der Waals surface area contributed by atoms with Gasteiger partial charge < -0.3 is 45.5 Å². The average molecular weight is 1030 g/mol. The highest BCUT2D eigenvalue weighted by Gasteiger charge is 2.76. The fourth-order valence-electron chi connectivity index (χ4n) is 11.5. The molecule has 4 fully saturated rings. The van der Waals surface area contributed by atoms with Crippen LogP contribution in [0.2, 0.25) is 0 Å². The Bertz CT molecular complexity index is 2590. The summed E-state index contributed by atoms with van der Waals surface area (Å²) in [4.78, 5) is 92.3. The molecule has 0 unspecified atom stereocenters. The Morgan fingerprint density at radius 2 is 1.81 bits per heavy atom. The summed E-state index contributed by atoms with van der Waals surface area (Å²) < 4.78 is 18.8. The number of carbonyl (C=O) groups excluding carboxylic acids is 6. The van der Waals surface area contributed by atoms with Gasteiger partial charge >= 0.3 is 12.1 Å². The monoisotopic (exact) mass is 1030 g/mol. The van der Waals surface area contributed by atoms with Crippen molar-refractivity contribution in [2.24, 2.45) is 28.6 Å². The van der Waals surface area contributed by atoms with Crippen LogP contribution in [-0.4, -0.2) is 104 Å². The first-order valence-electron chi connectivity index (χ1n) is 22.8. The summed E-state index contributed by atoms with van der Waals surface area (Å²) >= 11 is 4.34. The van der Waals surface area contributed by atoms with Crippen LogP contribution >= 0.6 is 27.3 Å². The number of hydrogen-bond donors (Lipinski definition) is 7. The van der Waals surface area contributed by atoms with Gasteiger partial charge in [0.25, 0.3) is 0 Å². The molecule has 69 heavy (non-hydrogen) atoms. The third-order valence-corrected chi connectivity index (χ3v) is 16.1. The van der Waals surface area contributed by atoms with Gasteiger partial charge in [0.15, 0.2) is 23.5 Å². The van der Waals surface area contributed by atoms with Crippen molar-refractivity contribution in [1.82, 2.24) is 15.6 Å². The number of aliphatic hydroxyl groups is 2. The lowest BCUT2D eigenvalue weighted by Crippen LogP contribution is -2.63. The van der Waals surface area contributed by atoms with Gasteiger partial charge in [-0.05, 0) is 91.5 Å². The molecule has 5 aliphatic rings. The minimum absolute atomic E-state index is 0.0154. The molecule has 1 saturated heterocycles. The molecule has 0 radical (unpaired) electrons. The molecule has 10 atom stereocenters. The van der Waals surface area contributed by atoms with E-state index < -0.39 is 89.7 Å². The topological polar surface area (TPSA) is 269 Å². The summed E-state index contributed by atoms with van der Waals surface area (Å²) in [5.41, 5.74) is 0.514. The summed E-state index contributed by atoms with van der Waals surface area (Å²) in [7, 11) is 0. The zero-order valence-electron chi connectivity index (χ0n) is 37.9. The van der Waals surface area contributed by atoms with Crippen molar-refractivity contribution in [2.75, 3.05) is 29.1 Å². The Kier molecular flexibility index (Phi) is 14.7. The first-order valence-corrected chi connectivity index (χ1v) is 24.7. The van der Waals surface area contributed by atoms with E-state index in [2.05, 4.69) is 49.1 Å². The minimum Gasteiger partial charge on any atom is -0.481 e. The van der Waals surface area contributed by atoms with E-state index in [4.69, 9.17) is 19.3 Å². The molecular weight excluding hydrogens is 979 g/mol. The first kappa shape index (κ1) is 49.8. The van der Waals surface area contributed by atoms with Crippen LogP contribution in [-0.2, 0) is 56.0 Å². The van der Waals surface area contributed by atoms with E-state index in [1.807, 2.05) is 19.1 Å². The summed E-state index contributed by atoms with van der Waals surface area (Å²) in [5.74, 6) is -3.55. The maximum Gasteiger partial charge on any atom is 0.411 e. The number of anilines is 2. The summed E-state index contributed by atoms with van der Waals surface area (Å²) in [5, 5.41) is 42.3. The number of ether oxygens (including phenoxy) is 3. The van der Waals surface area contributed by atoms with E-state index in [1.54, 1.807) is 60.8 Å². The molecule has 3 aromatic rings. The van der Waals surface area contributed by atoms with Gasteiger partial charge in [-0.2, -0.15) is 0 Å². The van der Waals surface area contributed by atoms with E-state index >= 15 is 0 Å². The molecule has 18 nitrogen and oxygen atoms in total. The molecule has 20 heteroatoms. The predicted octanol–water partition coefficient (Wildman–Crippen LogP) is 4.88. The summed E-state index contributed by atoms with van der Waals surface area (Å²) in [6, 6.07) is 12.4. The van der Waals surface area contributed by atoms with Gasteiger partial charge in [0, 0.05) is 47.2 Å². The van der Waals surface area contributed by atoms with E-state index in [0.29, 0.717) is 34.7 Å². The average Bonchev–Trinajstić information content (AvgIpc) is 4.01. The van der Waals surface area contributed by atoms with Gasteiger partial charge in [-0.15, -0.1) is 11.3 Å². The van der Waals surface area contributed by atoms with Gasteiger partial charge in [-0.25, -0.2) is 9.78 Å². The van der Waals surface area contributed by atoms with Gasteiger partial charge in [-0.3, -0.25) is 34.1 Å². The second-order valence-electron chi connectivity index (χ2n) is 18.7. The van der Waals surface area contributed by atoms with E-state index in [-0.39, 0.29) is 54.7 Å². The quantitative estimate of drug-likeness (QED) is 0.0889. The number of ketones is 2. The van der Waals surface area contributed by atoms with Crippen molar-refractivity contribution in [3.8, 4) is 0 Å². The van der Waals surface area contributed by atoms with E-state index in [1.165, 1.54) is 11.3 Å². The Morgan fingerprint density at radius 3 is 2.55 bits per heavy atom. The Hall–Kier alpha value is -5.64. The number of alkyl halides is 1. The molecule has 8 rings (SSSR count). The number of carboxylic acid groups (broad SMARTS) is 1. The number of aliphatic hydroxyl groups excluding tert-OH is 2. The number of benzene rings is 2. The van der Waals surface area contributed by atoms with Gasteiger partial charge in [0.1, 0.15) is 19.3 Å². The Balaban J connectivity index is 0.848. The predicted molar refractivity (Wildman–Crippen MR) is 253 cm³/mol. The lowest BCUT2D eigenvalue weighted by Gasteiger charge is -2.59. The fourth-order valence-corrected chi connectivity index (χ4v) is 12.6. The number of nitrogens with zero attached hydrogens (tertiary/aromatic N) is 1. The van der Waals surface area contributed by atoms with E-state index in [0.717, 1.165) is 29.0 Å². The third kappa shape index (κ3) is 10.0. The number of fused-ring (bicyclic) bond motifs is 7. The van der Waals surface area contributed by atoms with Crippen LogP contribution in [0.15, 0.2) is 78.5 Å². The van der Waals surface area contributed by atoms with Crippen LogP contribution in [0, 0.1) is 28.6 Å². The maximum absolute atomic E-state index is 14.0. The number of allylic oxidation sites excluding steroid dienone is 4. The minimum atomic E-state index is -1.48. The fraction of sp³-hybridized carbons (Fsp3) is 0.469. The SMILES string of the molecule is C[C@]12C=CC(=O)C=C1CC[C@@H]1[C@@H]2[C@@H](O)C[C@@]2(C)[C@H]1C[C@H]1O[C@@H](c3cnc(Cc4cccc(NC(=O)OCc5ccc(NC(=O)[C@H](CCC(=O)O)NC(=O)CNC(=O)CBr)cc5)c4)s3)O[C@]12C(=O)CO. The zero-order chi connectivity index (χ0) is 49.3. The molecular formula is C49H54BrN5O13S. The molecule has 1 aliphatic heterocycles. The lowest BCUT2D eigenvalue weighted by atomic mass is 9.46. The second kappa shape index (κ2) is 20.4. The number of hydrogen-bond acceptors (Lipinski definition) is 14. The van der Waals surface area contributed by atoms with Gasteiger partial charge in [0.05, 0.1) is 34.0 Å². The van der Waals surface area contributed by atoms with E-state index in [9.17, 15) is 43.8 Å². The Labute approximate surface area is 409 Å². The Morgan fingerprint density at radius 1 is 1.03 bits per heavy atom. The van der Waals surface area contributed by atoms with Crippen molar-refractivity contribution in [2.45, 2.75) is 95.5 Å². The summed E-state index contributed by atoms with van der Waals surface area (Å²) in [6.45, 7) is 2.87. The standard InChI is InChI=1S/C49H54BrN5O13S/c1-47-15-14-31(57)18-28(47)8-11-32-33-19-38-49(37(59)24-56,48(33,2)20-35(58)43(32)47)68-45(67-38)36-22-52-41(69-36)17-27-4-3-5-30(16-27)54-46(65)66-25-26-6-9-29(10-7-26)53-44(64)34(12-13-42(62)63)55-40(61)23-51-39(60)21-50/h3-7,9-10,14-16,18,22,32-35,38,43,45,56,58H,8,11-13,17,19-21,23-25H2,1-2H3,(H,51,60)(H,53,64)(H,54,65)(H,55,61)(H,62,63)/t32-,33-,34-,35-,38+,43+,45+,47-,48-,49+/m0/s1. The molecule has 2 aromatic carbocycles. The molecule has 1 aromatic heterocycles. The number of thiazole rings is 1. The van der Waals surface area contributed by atoms with Crippen molar-refractivity contribution in [1.29, 1.82) is 0 Å². The number of rotatable bonds is 17. The van der Waals surface area contributed by atoms with Crippen molar-refractivity contribution < 1.29 is 63.1 Å². The molecule has 3 saturated carbocycles. The molecule has 366 valence electrons. The highest BCUT2D eigenvalue weighted by Crippen LogP contribution is 2.70. The molecule has 0 bridgehead atoms. The first-order chi connectivity index (χ1) is 33.0. The number of Topliss-reactive ketones (excluding diaryl/α,β-unsaturated/α-hetero) is 1. The number of nitrogens with one attached hydrogen (secondary N) is 4. The molecule has 0 spiro atoms. The number of aromatic nitrogens is 1. The van der Waals surface area contributed by atoms with Crippen LogP contribution in [0.5, 0.6) is 0 Å². The van der Waals surface area contributed by atoms with Crippen LogP contribution in [0.25, 0.3) is 0 Å².